The van der Waals surface area contributed by atoms with Gasteiger partial charge in [0.1, 0.15) is 17.9 Å². The molecule has 2 aromatic carbocycles. The monoisotopic (exact) mass is 399 g/mol. The third-order valence-electron chi connectivity index (χ3n) is 2.73. The van der Waals surface area contributed by atoms with Gasteiger partial charge < -0.3 is 9.84 Å². The molecule has 0 bridgehead atoms. The Bertz CT molecular complexity index is 702. The summed E-state index contributed by atoms with van der Waals surface area (Å²) in [5.41, 5.74) is -0.519. The van der Waals surface area contributed by atoms with Gasteiger partial charge in [0.25, 0.3) is 5.69 Å². The van der Waals surface area contributed by atoms with Crippen LogP contribution in [0.4, 0.5) is 5.69 Å². The van der Waals surface area contributed by atoms with Crippen molar-refractivity contribution in [2.75, 3.05) is 0 Å². The first kappa shape index (κ1) is 15.2. The highest BCUT2D eigenvalue weighted by atomic mass is 127. The van der Waals surface area contributed by atoms with E-state index in [9.17, 15) is 20.0 Å². The molecular formula is C14H10INO5. The van der Waals surface area contributed by atoms with Crippen molar-refractivity contribution in [3.05, 3.63) is 67.3 Å². The summed E-state index contributed by atoms with van der Waals surface area (Å²) in [5, 5.41) is 20.1. The van der Waals surface area contributed by atoms with Crippen molar-refractivity contribution in [3.63, 3.8) is 0 Å². The van der Waals surface area contributed by atoms with Crippen molar-refractivity contribution < 1.29 is 19.6 Å². The minimum absolute atomic E-state index is 0.0522. The lowest BCUT2D eigenvalue weighted by Gasteiger charge is -2.09. The van der Waals surface area contributed by atoms with Crippen LogP contribution >= 0.6 is 22.6 Å². The molecule has 2 rings (SSSR count). The first-order valence-electron chi connectivity index (χ1n) is 5.87. The van der Waals surface area contributed by atoms with Crippen LogP contribution in [0.25, 0.3) is 0 Å². The average Bonchev–Trinajstić information content (AvgIpc) is 2.44. The zero-order valence-corrected chi connectivity index (χ0v) is 12.8. The van der Waals surface area contributed by atoms with E-state index in [0.717, 1.165) is 3.57 Å². The summed E-state index contributed by atoms with van der Waals surface area (Å²) in [5.74, 6) is -0.770. The van der Waals surface area contributed by atoms with E-state index in [1.54, 1.807) is 12.1 Å². The fourth-order valence-corrected chi connectivity index (χ4v) is 2.34. The number of nitro groups is 1. The van der Waals surface area contributed by atoms with Crippen LogP contribution in [0.15, 0.2) is 42.5 Å². The van der Waals surface area contributed by atoms with Gasteiger partial charge in [-0.25, -0.2) is 4.79 Å². The molecule has 0 saturated carbocycles. The standard InChI is InChI=1S/C14H10INO5/c15-10-4-2-5-11(7-10)21-8-9-3-1-6-12(16(19)20)13(9)14(17)18/h1-7H,8H2,(H,17,18). The topological polar surface area (TPSA) is 89.7 Å². The number of carboxylic acids is 1. The van der Waals surface area contributed by atoms with Gasteiger partial charge in [0.2, 0.25) is 0 Å². The summed E-state index contributed by atoms with van der Waals surface area (Å²) < 4.78 is 6.48. The number of carboxylic acid groups (broad SMARTS) is 1. The van der Waals surface area contributed by atoms with Gasteiger partial charge in [0, 0.05) is 15.2 Å². The van der Waals surface area contributed by atoms with Crippen molar-refractivity contribution in [2.24, 2.45) is 0 Å². The molecule has 6 nitrogen and oxygen atoms in total. The Morgan fingerprint density at radius 1 is 1.29 bits per heavy atom. The Hall–Kier alpha value is -2.16. The van der Waals surface area contributed by atoms with Gasteiger partial charge in [0.15, 0.2) is 0 Å². The number of nitro benzene ring substituents is 1. The second-order valence-corrected chi connectivity index (χ2v) is 5.37. The zero-order chi connectivity index (χ0) is 15.4. The van der Waals surface area contributed by atoms with Gasteiger partial charge in [-0.1, -0.05) is 18.2 Å². The molecule has 0 aliphatic heterocycles. The maximum atomic E-state index is 11.3. The van der Waals surface area contributed by atoms with Crippen LogP contribution in [-0.2, 0) is 6.61 Å². The van der Waals surface area contributed by atoms with Gasteiger partial charge in [-0.15, -0.1) is 0 Å². The summed E-state index contributed by atoms with van der Waals surface area (Å²) in [6.45, 7) is -0.0522. The molecule has 21 heavy (non-hydrogen) atoms. The number of rotatable bonds is 5. The van der Waals surface area contributed by atoms with E-state index in [4.69, 9.17) is 4.74 Å². The molecule has 0 radical (unpaired) electrons. The van der Waals surface area contributed by atoms with Crippen LogP contribution in [-0.4, -0.2) is 16.0 Å². The second-order valence-electron chi connectivity index (χ2n) is 4.12. The molecule has 0 fully saturated rings. The van der Waals surface area contributed by atoms with Gasteiger partial charge in [-0.2, -0.15) is 0 Å². The predicted molar refractivity (Wildman–Crippen MR) is 83.5 cm³/mol. The fourth-order valence-electron chi connectivity index (χ4n) is 1.82. The number of benzene rings is 2. The molecule has 7 heteroatoms. The average molecular weight is 399 g/mol. The smallest absolute Gasteiger partial charge is 0.343 e. The fraction of sp³-hybridized carbons (Fsp3) is 0.0714. The number of halogens is 1. The number of ether oxygens (including phenoxy) is 1. The van der Waals surface area contributed by atoms with Crippen molar-refractivity contribution in [3.8, 4) is 5.75 Å². The van der Waals surface area contributed by atoms with E-state index < -0.39 is 16.6 Å². The Morgan fingerprint density at radius 2 is 2.00 bits per heavy atom. The summed E-state index contributed by atoms with van der Waals surface area (Å²) >= 11 is 2.13. The highest BCUT2D eigenvalue weighted by molar-refractivity contribution is 14.1. The molecule has 0 atom stereocenters. The van der Waals surface area contributed by atoms with Crippen LogP contribution in [0.1, 0.15) is 15.9 Å². The maximum Gasteiger partial charge on any atom is 0.343 e. The number of hydrogen-bond acceptors (Lipinski definition) is 4. The van der Waals surface area contributed by atoms with Crippen molar-refractivity contribution >= 4 is 34.2 Å². The molecule has 1 N–H and O–H groups in total. The Morgan fingerprint density at radius 3 is 2.62 bits per heavy atom. The second kappa shape index (κ2) is 6.53. The number of nitrogens with zero attached hydrogens (tertiary/aromatic N) is 1. The minimum Gasteiger partial charge on any atom is -0.489 e. The van der Waals surface area contributed by atoms with Crippen molar-refractivity contribution in [2.45, 2.75) is 6.61 Å². The largest absolute Gasteiger partial charge is 0.489 e. The lowest BCUT2D eigenvalue weighted by molar-refractivity contribution is -0.385. The van der Waals surface area contributed by atoms with Gasteiger partial charge in [-0.3, -0.25) is 10.1 Å². The zero-order valence-electron chi connectivity index (χ0n) is 10.7. The van der Waals surface area contributed by atoms with Gasteiger partial charge >= 0.3 is 5.97 Å². The number of aromatic carboxylic acids is 1. The van der Waals surface area contributed by atoms with Crippen molar-refractivity contribution in [1.29, 1.82) is 0 Å². The molecular weight excluding hydrogens is 389 g/mol. The summed E-state index contributed by atoms with van der Waals surface area (Å²) in [6, 6.07) is 11.3. The summed E-state index contributed by atoms with van der Waals surface area (Å²) in [6.07, 6.45) is 0. The highest BCUT2D eigenvalue weighted by Crippen LogP contribution is 2.24. The molecule has 0 aromatic heterocycles. The summed E-state index contributed by atoms with van der Waals surface area (Å²) in [4.78, 5) is 21.4. The molecule has 0 saturated heterocycles. The van der Waals surface area contributed by atoms with Gasteiger partial charge in [0.05, 0.1) is 4.92 Å². The summed E-state index contributed by atoms with van der Waals surface area (Å²) in [7, 11) is 0. The predicted octanol–water partition coefficient (Wildman–Crippen LogP) is 3.48. The molecule has 0 spiro atoms. The Kier molecular flexibility index (Phi) is 4.73. The van der Waals surface area contributed by atoms with Crippen LogP contribution < -0.4 is 4.74 Å². The highest BCUT2D eigenvalue weighted by Gasteiger charge is 2.23. The third-order valence-corrected chi connectivity index (χ3v) is 3.40. The van der Waals surface area contributed by atoms with Gasteiger partial charge in [-0.05, 0) is 40.8 Å². The maximum absolute atomic E-state index is 11.3. The van der Waals surface area contributed by atoms with E-state index in [0.29, 0.717) is 5.75 Å². The Balaban J connectivity index is 2.30. The van der Waals surface area contributed by atoms with Crippen LogP contribution in [0, 0.1) is 13.7 Å². The van der Waals surface area contributed by atoms with Crippen LogP contribution in [0.2, 0.25) is 0 Å². The minimum atomic E-state index is -1.34. The molecule has 108 valence electrons. The number of hydrogen-bond donors (Lipinski definition) is 1. The first-order chi connectivity index (χ1) is 9.99. The van der Waals surface area contributed by atoms with E-state index in [1.165, 1.54) is 18.2 Å². The van der Waals surface area contributed by atoms with Crippen molar-refractivity contribution in [1.82, 2.24) is 0 Å². The molecule has 0 aliphatic rings. The molecule has 0 unspecified atom stereocenters. The first-order valence-corrected chi connectivity index (χ1v) is 6.95. The SMILES string of the molecule is O=C(O)c1c(COc2cccc(I)c2)cccc1[N+](=O)[O-]. The number of carbonyl (C=O) groups is 1. The van der Waals surface area contributed by atoms with E-state index in [-0.39, 0.29) is 17.7 Å². The molecule has 0 amide bonds. The lowest BCUT2D eigenvalue weighted by atomic mass is 10.1. The molecule has 0 heterocycles. The van der Waals surface area contributed by atoms with E-state index in [2.05, 4.69) is 22.6 Å². The van der Waals surface area contributed by atoms with Crippen LogP contribution in [0.5, 0.6) is 5.75 Å². The lowest BCUT2D eigenvalue weighted by Crippen LogP contribution is -2.09. The molecule has 2 aromatic rings. The molecule has 0 aliphatic carbocycles. The third kappa shape index (κ3) is 3.69. The van der Waals surface area contributed by atoms with E-state index in [1.807, 2.05) is 12.1 Å². The quantitative estimate of drug-likeness (QED) is 0.473. The van der Waals surface area contributed by atoms with E-state index >= 15 is 0 Å². The normalized spacial score (nSPS) is 10.1. The van der Waals surface area contributed by atoms with Crippen LogP contribution in [0.3, 0.4) is 0 Å². The Labute approximate surface area is 133 Å².